The first-order valence-electron chi connectivity index (χ1n) is 6.01. The maximum absolute atomic E-state index is 12.4. The summed E-state index contributed by atoms with van der Waals surface area (Å²) in [5, 5.41) is 4.34. The van der Waals surface area contributed by atoms with E-state index in [-0.39, 0.29) is 17.4 Å². The molecule has 0 radical (unpaired) electrons. The van der Waals surface area contributed by atoms with Gasteiger partial charge in [0.05, 0.1) is 11.9 Å². The van der Waals surface area contributed by atoms with Crippen LogP contribution in [0.2, 0.25) is 0 Å². The van der Waals surface area contributed by atoms with E-state index in [0.29, 0.717) is 0 Å². The standard InChI is InChI=1S/C13H19N3O/c1-8(2)11-12(9(3)4)16-10(6-7-14-16)15(5)13(11)17/h6-9H,1-5H3. The van der Waals surface area contributed by atoms with Gasteiger partial charge < -0.3 is 0 Å². The first kappa shape index (κ1) is 11.9. The summed E-state index contributed by atoms with van der Waals surface area (Å²) in [6.45, 7) is 8.30. The van der Waals surface area contributed by atoms with Crippen molar-refractivity contribution >= 4 is 5.65 Å². The summed E-state index contributed by atoms with van der Waals surface area (Å²) >= 11 is 0. The van der Waals surface area contributed by atoms with Crippen LogP contribution in [0.5, 0.6) is 0 Å². The lowest BCUT2D eigenvalue weighted by Crippen LogP contribution is -2.28. The monoisotopic (exact) mass is 233 g/mol. The number of fused-ring (bicyclic) bond motifs is 1. The number of hydrogen-bond donors (Lipinski definition) is 0. The fourth-order valence-electron chi connectivity index (χ4n) is 2.34. The van der Waals surface area contributed by atoms with Crippen molar-refractivity contribution in [3.8, 4) is 0 Å². The quantitative estimate of drug-likeness (QED) is 0.798. The molecule has 0 fully saturated rings. The van der Waals surface area contributed by atoms with Gasteiger partial charge in [-0.15, -0.1) is 0 Å². The fraction of sp³-hybridized carbons (Fsp3) is 0.538. The van der Waals surface area contributed by atoms with E-state index in [0.717, 1.165) is 16.9 Å². The van der Waals surface area contributed by atoms with Crippen molar-refractivity contribution < 1.29 is 0 Å². The van der Waals surface area contributed by atoms with Gasteiger partial charge in [-0.05, 0) is 11.8 Å². The molecule has 92 valence electrons. The summed E-state index contributed by atoms with van der Waals surface area (Å²) < 4.78 is 3.57. The molecular weight excluding hydrogens is 214 g/mol. The highest BCUT2D eigenvalue weighted by molar-refractivity contribution is 5.43. The van der Waals surface area contributed by atoms with Gasteiger partial charge >= 0.3 is 0 Å². The molecule has 0 bridgehead atoms. The third-order valence-electron chi connectivity index (χ3n) is 3.13. The van der Waals surface area contributed by atoms with Crippen molar-refractivity contribution in [2.75, 3.05) is 0 Å². The highest BCUT2D eigenvalue weighted by Gasteiger charge is 2.20. The maximum atomic E-state index is 12.4. The predicted molar refractivity (Wildman–Crippen MR) is 68.6 cm³/mol. The smallest absolute Gasteiger partial charge is 0.257 e. The maximum Gasteiger partial charge on any atom is 0.257 e. The number of hydrogen-bond acceptors (Lipinski definition) is 2. The van der Waals surface area contributed by atoms with Gasteiger partial charge in [0, 0.05) is 18.7 Å². The minimum atomic E-state index is 0.0942. The lowest BCUT2D eigenvalue weighted by molar-refractivity contribution is 0.666. The zero-order valence-electron chi connectivity index (χ0n) is 11.1. The van der Waals surface area contributed by atoms with Crippen molar-refractivity contribution in [3.05, 3.63) is 33.9 Å². The first-order chi connectivity index (χ1) is 7.95. The second-order valence-corrected chi connectivity index (χ2v) is 5.07. The molecular formula is C13H19N3O. The van der Waals surface area contributed by atoms with Gasteiger partial charge in [-0.1, -0.05) is 27.7 Å². The summed E-state index contributed by atoms with van der Waals surface area (Å²) in [7, 11) is 1.80. The van der Waals surface area contributed by atoms with E-state index in [4.69, 9.17) is 0 Å². The minimum Gasteiger partial charge on any atom is -0.296 e. The number of rotatable bonds is 2. The number of nitrogens with zero attached hydrogens (tertiary/aromatic N) is 3. The van der Waals surface area contributed by atoms with Crippen LogP contribution >= 0.6 is 0 Å². The Labute approximate surface area is 101 Å². The van der Waals surface area contributed by atoms with Gasteiger partial charge in [0.1, 0.15) is 5.65 Å². The Balaban J connectivity index is 3.00. The van der Waals surface area contributed by atoms with E-state index in [2.05, 4.69) is 32.8 Å². The van der Waals surface area contributed by atoms with Crippen molar-refractivity contribution in [3.63, 3.8) is 0 Å². The highest BCUT2D eigenvalue weighted by atomic mass is 16.1. The van der Waals surface area contributed by atoms with Crippen LogP contribution in [0.3, 0.4) is 0 Å². The lowest BCUT2D eigenvalue weighted by Gasteiger charge is -2.18. The van der Waals surface area contributed by atoms with Gasteiger partial charge in [0.15, 0.2) is 0 Å². The Morgan fingerprint density at radius 1 is 1.18 bits per heavy atom. The number of aromatic nitrogens is 3. The van der Waals surface area contributed by atoms with E-state index < -0.39 is 0 Å². The largest absolute Gasteiger partial charge is 0.296 e. The summed E-state index contributed by atoms with van der Waals surface area (Å²) in [6.07, 6.45) is 1.74. The van der Waals surface area contributed by atoms with Crippen LogP contribution in [0.1, 0.15) is 50.8 Å². The zero-order valence-corrected chi connectivity index (χ0v) is 11.1. The molecule has 2 heterocycles. The Morgan fingerprint density at radius 2 is 1.82 bits per heavy atom. The minimum absolute atomic E-state index is 0.0942. The van der Waals surface area contributed by atoms with Crippen molar-refractivity contribution in [2.24, 2.45) is 7.05 Å². The molecule has 0 amide bonds. The molecule has 0 atom stereocenters. The molecule has 2 aromatic rings. The Kier molecular flexibility index (Phi) is 2.81. The van der Waals surface area contributed by atoms with E-state index in [1.807, 2.05) is 10.6 Å². The molecule has 0 aliphatic heterocycles. The molecule has 17 heavy (non-hydrogen) atoms. The molecule has 0 saturated carbocycles. The lowest BCUT2D eigenvalue weighted by atomic mass is 9.96. The highest BCUT2D eigenvalue weighted by Crippen LogP contribution is 2.23. The van der Waals surface area contributed by atoms with E-state index in [1.54, 1.807) is 17.8 Å². The fourth-order valence-corrected chi connectivity index (χ4v) is 2.34. The van der Waals surface area contributed by atoms with Crippen LogP contribution in [-0.4, -0.2) is 14.2 Å². The van der Waals surface area contributed by atoms with Gasteiger partial charge in [-0.3, -0.25) is 9.36 Å². The Hall–Kier alpha value is -1.58. The molecule has 0 N–H and O–H groups in total. The average Bonchev–Trinajstić information content (AvgIpc) is 2.70. The number of aryl methyl sites for hydroxylation is 1. The van der Waals surface area contributed by atoms with Gasteiger partial charge in [-0.25, -0.2) is 4.52 Å². The molecule has 0 saturated heterocycles. The Bertz CT molecular complexity index is 605. The van der Waals surface area contributed by atoms with Crippen LogP contribution < -0.4 is 5.56 Å². The van der Waals surface area contributed by atoms with Crippen LogP contribution in [0.4, 0.5) is 0 Å². The SMILES string of the molecule is CC(C)c1c(C(C)C)n2nccc2n(C)c1=O. The summed E-state index contributed by atoms with van der Waals surface area (Å²) in [5.41, 5.74) is 2.85. The second kappa shape index (κ2) is 4.02. The van der Waals surface area contributed by atoms with Crippen molar-refractivity contribution in [1.29, 1.82) is 0 Å². The van der Waals surface area contributed by atoms with E-state index >= 15 is 0 Å². The van der Waals surface area contributed by atoms with E-state index in [9.17, 15) is 4.79 Å². The first-order valence-corrected chi connectivity index (χ1v) is 6.01. The predicted octanol–water partition coefficient (Wildman–Crippen LogP) is 2.28. The van der Waals surface area contributed by atoms with Crippen molar-refractivity contribution in [2.45, 2.75) is 39.5 Å². The third-order valence-corrected chi connectivity index (χ3v) is 3.13. The second-order valence-electron chi connectivity index (χ2n) is 5.07. The van der Waals surface area contributed by atoms with Crippen LogP contribution in [0.15, 0.2) is 17.1 Å². The third kappa shape index (κ3) is 1.68. The molecule has 2 aromatic heterocycles. The Morgan fingerprint density at radius 3 is 2.35 bits per heavy atom. The molecule has 0 unspecified atom stereocenters. The van der Waals surface area contributed by atoms with Gasteiger partial charge in [-0.2, -0.15) is 5.10 Å². The van der Waals surface area contributed by atoms with Crippen LogP contribution in [0.25, 0.3) is 5.65 Å². The molecule has 0 spiro atoms. The van der Waals surface area contributed by atoms with Crippen molar-refractivity contribution in [1.82, 2.24) is 14.2 Å². The molecule has 2 rings (SSSR count). The van der Waals surface area contributed by atoms with Crippen LogP contribution in [-0.2, 0) is 7.05 Å². The van der Waals surface area contributed by atoms with E-state index in [1.165, 1.54) is 0 Å². The summed E-state index contributed by atoms with van der Waals surface area (Å²) in [4.78, 5) is 12.4. The topological polar surface area (TPSA) is 39.3 Å². The van der Waals surface area contributed by atoms with Gasteiger partial charge in [0.25, 0.3) is 5.56 Å². The molecule has 4 heteroatoms. The van der Waals surface area contributed by atoms with Crippen LogP contribution in [0, 0.1) is 0 Å². The normalized spacial score (nSPS) is 11.9. The molecule has 0 aliphatic carbocycles. The molecule has 0 aliphatic rings. The molecule has 4 nitrogen and oxygen atoms in total. The summed E-state index contributed by atoms with van der Waals surface area (Å²) in [5.74, 6) is 0.489. The van der Waals surface area contributed by atoms with Gasteiger partial charge in [0.2, 0.25) is 0 Å². The molecule has 0 aromatic carbocycles. The summed E-state index contributed by atoms with van der Waals surface area (Å²) in [6, 6.07) is 1.87. The average molecular weight is 233 g/mol. The zero-order chi connectivity index (χ0) is 12.7.